The van der Waals surface area contributed by atoms with E-state index in [2.05, 4.69) is 0 Å². The third-order valence-corrected chi connectivity index (χ3v) is 6.35. The first-order valence-corrected chi connectivity index (χ1v) is 11.1. The van der Waals surface area contributed by atoms with Crippen molar-refractivity contribution in [3.8, 4) is 5.75 Å². The zero-order chi connectivity index (χ0) is 23.5. The lowest BCUT2D eigenvalue weighted by molar-refractivity contribution is -0.385. The smallest absolute Gasteiger partial charge is 0.311 e. The summed E-state index contributed by atoms with van der Waals surface area (Å²) in [4.78, 5) is 37.3. The molecule has 0 aliphatic carbocycles. The Hall–Kier alpha value is -3.62. The van der Waals surface area contributed by atoms with Crippen LogP contribution in [-0.4, -0.2) is 26.1 Å². The molecule has 166 valence electrons. The number of halogens is 1. The molecule has 0 atom stereocenters. The SMILES string of the molecule is O=C1S/C(=C\c2cc(Cc3ccccc3)cc([N+](=O)[O-])c2O)C(=O)N1Cc1ccccc1Cl. The Bertz CT molecular complexity index is 1290. The van der Waals surface area contributed by atoms with Crippen LogP contribution in [0.4, 0.5) is 10.5 Å². The Morgan fingerprint density at radius 2 is 1.73 bits per heavy atom. The van der Waals surface area contributed by atoms with Crippen LogP contribution >= 0.6 is 23.4 Å². The zero-order valence-electron chi connectivity index (χ0n) is 17.1. The maximum absolute atomic E-state index is 12.9. The topological polar surface area (TPSA) is 101 Å². The third-order valence-electron chi connectivity index (χ3n) is 5.07. The molecule has 9 heteroatoms. The summed E-state index contributed by atoms with van der Waals surface area (Å²) < 4.78 is 0. The Morgan fingerprint density at radius 1 is 1.03 bits per heavy atom. The van der Waals surface area contributed by atoms with Gasteiger partial charge in [-0.3, -0.25) is 24.6 Å². The second-order valence-electron chi connectivity index (χ2n) is 7.33. The van der Waals surface area contributed by atoms with Gasteiger partial charge in [0.05, 0.1) is 16.4 Å². The van der Waals surface area contributed by atoms with E-state index in [1.807, 2.05) is 30.3 Å². The van der Waals surface area contributed by atoms with Crippen LogP contribution in [0.25, 0.3) is 6.08 Å². The van der Waals surface area contributed by atoms with Gasteiger partial charge in [-0.2, -0.15) is 0 Å². The average Bonchev–Trinajstić information content (AvgIpc) is 3.05. The van der Waals surface area contributed by atoms with Gasteiger partial charge in [-0.05, 0) is 53.1 Å². The standard InChI is InChI=1S/C24H17ClN2O5S/c25-19-9-5-4-8-17(19)14-26-23(29)21(33-24(26)30)13-18-11-16(10-15-6-2-1-3-7-15)12-20(22(18)28)27(31)32/h1-9,11-13,28H,10,14H2/b21-13-. The fourth-order valence-electron chi connectivity index (χ4n) is 3.46. The van der Waals surface area contributed by atoms with Crippen molar-refractivity contribution in [3.63, 3.8) is 0 Å². The number of aromatic hydroxyl groups is 1. The number of nitro groups is 1. The summed E-state index contributed by atoms with van der Waals surface area (Å²) in [5.74, 6) is -1.12. The number of hydrogen-bond donors (Lipinski definition) is 1. The van der Waals surface area contributed by atoms with Crippen molar-refractivity contribution in [2.45, 2.75) is 13.0 Å². The molecule has 0 aromatic heterocycles. The molecule has 1 fully saturated rings. The summed E-state index contributed by atoms with van der Waals surface area (Å²) in [6.07, 6.45) is 1.71. The summed E-state index contributed by atoms with van der Waals surface area (Å²) in [6, 6.07) is 19.1. The molecule has 1 aliphatic rings. The van der Waals surface area contributed by atoms with E-state index in [4.69, 9.17) is 11.6 Å². The molecule has 0 bridgehead atoms. The molecule has 0 spiro atoms. The van der Waals surface area contributed by atoms with Gasteiger partial charge in [-0.1, -0.05) is 60.1 Å². The van der Waals surface area contributed by atoms with Crippen molar-refractivity contribution in [3.05, 3.63) is 109 Å². The average molecular weight is 481 g/mol. The van der Waals surface area contributed by atoms with Crippen LogP contribution in [0.15, 0.2) is 71.6 Å². The first kappa shape index (κ1) is 22.6. The Balaban J connectivity index is 1.67. The van der Waals surface area contributed by atoms with Gasteiger partial charge >= 0.3 is 5.69 Å². The van der Waals surface area contributed by atoms with Gasteiger partial charge in [0.2, 0.25) is 5.75 Å². The second kappa shape index (κ2) is 9.48. The number of nitro benzene ring substituents is 1. The summed E-state index contributed by atoms with van der Waals surface area (Å²) in [6.45, 7) is 0.00184. The molecule has 7 nitrogen and oxygen atoms in total. The number of hydrogen-bond acceptors (Lipinski definition) is 6. The third kappa shape index (κ3) is 4.92. The molecule has 0 unspecified atom stereocenters. The van der Waals surface area contributed by atoms with E-state index in [1.54, 1.807) is 30.3 Å². The number of carbonyl (C=O) groups excluding carboxylic acids is 2. The Kier molecular flexibility index (Phi) is 6.48. The number of phenols is 1. The van der Waals surface area contributed by atoms with E-state index in [9.17, 15) is 24.8 Å². The van der Waals surface area contributed by atoms with E-state index in [0.717, 1.165) is 10.5 Å². The van der Waals surface area contributed by atoms with Crippen molar-refractivity contribution in [2.75, 3.05) is 0 Å². The molecule has 2 amide bonds. The molecule has 3 aromatic rings. The van der Waals surface area contributed by atoms with E-state index >= 15 is 0 Å². The van der Waals surface area contributed by atoms with Crippen LogP contribution in [0, 0.1) is 10.1 Å². The van der Waals surface area contributed by atoms with Gasteiger partial charge in [0.15, 0.2) is 0 Å². The number of phenolic OH excluding ortho intramolecular Hbond substituents is 1. The van der Waals surface area contributed by atoms with Crippen molar-refractivity contribution in [1.29, 1.82) is 0 Å². The fourth-order valence-corrected chi connectivity index (χ4v) is 4.48. The normalized spacial score (nSPS) is 14.8. The van der Waals surface area contributed by atoms with Gasteiger partial charge in [0, 0.05) is 16.7 Å². The van der Waals surface area contributed by atoms with E-state index in [0.29, 0.717) is 34.3 Å². The molecular formula is C24H17ClN2O5S. The second-order valence-corrected chi connectivity index (χ2v) is 8.73. The lowest BCUT2D eigenvalue weighted by Crippen LogP contribution is -2.27. The maximum atomic E-state index is 12.9. The van der Waals surface area contributed by atoms with Crippen LogP contribution in [0.5, 0.6) is 5.75 Å². The first-order valence-electron chi connectivity index (χ1n) is 9.86. The number of benzene rings is 3. The van der Waals surface area contributed by atoms with Gasteiger partial charge < -0.3 is 5.11 Å². The first-order chi connectivity index (χ1) is 15.8. The van der Waals surface area contributed by atoms with Crippen molar-refractivity contribution in [1.82, 2.24) is 4.90 Å². The lowest BCUT2D eigenvalue weighted by atomic mass is 10.0. The molecule has 4 rings (SSSR count). The Morgan fingerprint density at radius 3 is 2.42 bits per heavy atom. The van der Waals surface area contributed by atoms with Crippen molar-refractivity contribution >= 4 is 46.3 Å². The van der Waals surface area contributed by atoms with Crippen molar-refractivity contribution in [2.24, 2.45) is 0 Å². The van der Waals surface area contributed by atoms with Crippen LogP contribution in [0.2, 0.25) is 5.02 Å². The van der Waals surface area contributed by atoms with Crippen LogP contribution in [-0.2, 0) is 17.8 Å². The highest BCUT2D eigenvalue weighted by atomic mass is 35.5. The number of nitrogens with zero attached hydrogens (tertiary/aromatic N) is 2. The maximum Gasteiger partial charge on any atom is 0.311 e. The fraction of sp³-hybridized carbons (Fsp3) is 0.0833. The largest absolute Gasteiger partial charge is 0.502 e. The number of amides is 2. The minimum Gasteiger partial charge on any atom is -0.502 e. The molecule has 1 aliphatic heterocycles. The summed E-state index contributed by atoms with van der Waals surface area (Å²) >= 11 is 6.86. The molecule has 0 saturated carbocycles. The number of thioether (sulfide) groups is 1. The van der Waals surface area contributed by atoms with Crippen LogP contribution < -0.4 is 0 Å². The van der Waals surface area contributed by atoms with Crippen LogP contribution in [0.1, 0.15) is 22.3 Å². The predicted octanol–water partition coefficient (Wildman–Crippen LogP) is 5.78. The minimum atomic E-state index is -0.676. The highest BCUT2D eigenvalue weighted by Crippen LogP contribution is 2.38. The van der Waals surface area contributed by atoms with E-state index < -0.39 is 27.5 Å². The van der Waals surface area contributed by atoms with Gasteiger partial charge in [-0.25, -0.2) is 0 Å². The molecule has 1 saturated heterocycles. The summed E-state index contributed by atoms with van der Waals surface area (Å²) in [7, 11) is 0. The molecule has 33 heavy (non-hydrogen) atoms. The highest BCUT2D eigenvalue weighted by Gasteiger charge is 2.35. The molecule has 0 radical (unpaired) electrons. The van der Waals surface area contributed by atoms with Gasteiger partial charge in [-0.15, -0.1) is 0 Å². The Labute approximate surface area is 198 Å². The van der Waals surface area contributed by atoms with E-state index in [-0.39, 0.29) is 17.0 Å². The molecule has 1 heterocycles. The predicted molar refractivity (Wildman–Crippen MR) is 127 cm³/mol. The molecular weight excluding hydrogens is 464 g/mol. The van der Waals surface area contributed by atoms with Gasteiger partial charge in [0.1, 0.15) is 0 Å². The monoisotopic (exact) mass is 480 g/mol. The van der Waals surface area contributed by atoms with Crippen LogP contribution in [0.3, 0.4) is 0 Å². The molecule has 3 aromatic carbocycles. The number of rotatable bonds is 6. The number of carbonyl (C=O) groups is 2. The van der Waals surface area contributed by atoms with Gasteiger partial charge in [0.25, 0.3) is 11.1 Å². The van der Waals surface area contributed by atoms with E-state index in [1.165, 1.54) is 12.1 Å². The number of imide groups is 1. The quantitative estimate of drug-likeness (QED) is 0.272. The summed E-state index contributed by atoms with van der Waals surface area (Å²) in [5.41, 5.74) is 1.77. The molecule has 1 N–H and O–H groups in total. The minimum absolute atomic E-state index is 0.00184. The zero-order valence-corrected chi connectivity index (χ0v) is 18.7. The highest BCUT2D eigenvalue weighted by molar-refractivity contribution is 8.18. The summed E-state index contributed by atoms with van der Waals surface area (Å²) in [5, 5.41) is 21.9. The lowest BCUT2D eigenvalue weighted by Gasteiger charge is -2.13. The van der Waals surface area contributed by atoms with Crippen molar-refractivity contribution < 1.29 is 19.6 Å².